The van der Waals surface area contributed by atoms with E-state index in [4.69, 9.17) is 0 Å². The number of benzene rings is 2. The number of hydrogen-bond acceptors (Lipinski definition) is 1. The van der Waals surface area contributed by atoms with Crippen molar-refractivity contribution in [3.63, 3.8) is 0 Å². The molecule has 0 aliphatic rings. The largest absolute Gasteiger partial charge is 0.308 e. The molecule has 0 aliphatic heterocycles. The minimum atomic E-state index is -2.40. The van der Waals surface area contributed by atoms with Crippen molar-refractivity contribution in [3.8, 4) is 0 Å². The lowest BCUT2D eigenvalue weighted by molar-refractivity contribution is 0.361. The molecule has 2 aromatic carbocycles. The van der Waals surface area contributed by atoms with Crippen molar-refractivity contribution in [1.82, 2.24) is 5.32 Å². The summed E-state index contributed by atoms with van der Waals surface area (Å²) in [5.74, 6) is -22.6. The Morgan fingerprint density at radius 1 is 0.414 bits per heavy atom. The van der Waals surface area contributed by atoms with Gasteiger partial charge in [-0.1, -0.05) is 26.7 Å². The van der Waals surface area contributed by atoms with Crippen molar-refractivity contribution < 1.29 is 43.9 Å². The smallest absolute Gasteiger partial charge is 0.200 e. The van der Waals surface area contributed by atoms with Gasteiger partial charge in [-0.05, 0) is 0 Å². The first-order valence-corrected chi connectivity index (χ1v) is 8.22. The molecule has 0 aromatic heterocycles. The minimum absolute atomic E-state index is 1.13. The quantitative estimate of drug-likeness (QED) is 0.336. The van der Waals surface area contributed by atoms with Gasteiger partial charge in [-0.2, -0.15) is 0 Å². The lowest BCUT2D eigenvalue weighted by Crippen LogP contribution is -2.20. The fourth-order valence-electron chi connectivity index (χ4n) is 1.92. The molecule has 2 rings (SSSR count). The SMILES string of the molecule is CCCC.Fc1c(F)c(F)c(CNCc2c(F)c(F)c(F)c(F)c2F)c(F)c1F. The predicted molar refractivity (Wildman–Crippen MR) is 83.6 cm³/mol. The van der Waals surface area contributed by atoms with Crippen LogP contribution in [0.1, 0.15) is 37.8 Å². The zero-order chi connectivity index (χ0) is 22.5. The molecule has 0 radical (unpaired) electrons. The van der Waals surface area contributed by atoms with Gasteiger partial charge in [0.25, 0.3) is 0 Å². The van der Waals surface area contributed by atoms with Crippen molar-refractivity contribution in [3.05, 3.63) is 69.3 Å². The van der Waals surface area contributed by atoms with Gasteiger partial charge >= 0.3 is 0 Å². The third-order valence-corrected chi connectivity index (χ3v) is 3.70. The zero-order valence-electron chi connectivity index (χ0n) is 15.1. The Morgan fingerprint density at radius 2 is 0.621 bits per heavy atom. The van der Waals surface area contributed by atoms with Crippen LogP contribution < -0.4 is 5.32 Å². The molecule has 0 fully saturated rings. The molecule has 0 saturated heterocycles. The highest BCUT2D eigenvalue weighted by atomic mass is 19.2. The first kappa shape index (κ1) is 24.7. The van der Waals surface area contributed by atoms with Crippen LogP contribution in [0.2, 0.25) is 0 Å². The van der Waals surface area contributed by atoms with E-state index >= 15 is 0 Å². The maximum absolute atomic E-state index is 13.4. The van der Waals surface area contributed by atoms with Crippen LogP contribution in [-0.2, 0) is 13.1 Å². The molecule has 1 nitrogen and oxygen atoms in total. The van der Waals surface area contributed by atoms with E-state index in [1.165, 1.54) is 12.8 Å². The first-order chi connectivity index (χ1) is 13.5. The fourth-order valence-corrected chi connectivity index (χ4v) is 1.92. The lowest BCUT2D eigenvalue weighted by atomic mass is 10.1. The molecule has 2 aromatic rings. The Balaban J connectivity index is 0.000000960. The van der Waals surface area contributed by atoms with Gasteiger partial charge in [0.05, 0.1) is 0 Å². The van der Waals surface area contributed by atoms with Gasteiger partial charge in [0.1, 0.15) is 0 Å². The van der Waals surface area contributed by atoms with E-state index in [1.54, 1.807) is 0 Å². The summed E-state index contributed by atoms with van der Waals surface area (Å²) in [5, 5.41) is 1.86. The van der Waals surface area contributed by atoms with Crippen molar-refractivity contribution in [1.29, 1.82) is 0 Å². The Morgan fingerprint density at radius 3 is 0.828 bits per heavy atom. The summed E-state index contributed by atoms with van der Waals surface area (Å²) in [6, 6.07) is 0. The second-order valence-electron chi connectivity index (χ2n) is 5.70. The van der Waals surface area contributed by atoms with Crippen molar-refractivity contribution >= 4 is 0 Å². The highest BCUT2D eigenvalue weighted by Gasteiger charge is 2.27. The molecule has 1 N–H and O–H groups in total. The van der Waals surface area contributed by atoms with Crippen LogP contribution in [-0.4, -0.2) is 0 Å². The molecular weight excluding hydrogens is 420 g/mol. The van der Waals surface area contributed by atoms with E-state index in [0.29, 0.717) is 0 Å². The molecule has 0 saturated carbocycles. The minimum Gasteiger partial charge on any atom is -0.308 e. The van der Waals surface area contributed by atoms with Gasteiger partial charge in [0.15, 0.2) is 46.5 Å². The van der Waals surface area contributed by atoms with E-state index in [9.17, 15) is 43.9 Å². The summed E-state index contributed by atoms with van der Waals surface area (Å²) in [7, 11) is 0. The highest BCUT2D eigenvalue weighted by molar-refractivity contribution is 5.26. The number of nitrogens with one attached hydrogen (secondary N) is 1. The zero-order valence-corrected chi connectivity index (χ0v) is 15.1. The first-order valence-electron chi connectivity index (χ1n) is 8.22. The van der Waals surface area contributed by atoms with Gasteiger partial charge in [-0.25, -0.2) is 43.9 Å². The van der Waals surface area contributed by atoms with Gasteiger partial charge < -0.3 is 5.32 Å². The topological polar surface area (TPSA) is 12.0 Å². The molecule has 0 atom stereocenters. The third kappa shape index (κ3) is 5.20. The normalized spacial score (nSPS) is 10.8. The van der Waals surface area contributed by atoms with E-state index in [2.05, 4.69) is 13.8 Å². The summed E-state index contributed by atoms with van der Waals surface area (Å²) in [5.41, 5.74) is -2.72. The molecule has 0 bridgehead atoms. The van der Waals surface area contributed by atoms with Gasteiger partial charge in [-0.3, -0.25) is 0 Å². The van der Waals surface area contributed by atoms with Crippen molar-refractivity contribution in [2.45, 2.75) is 39.8 Å². The third-order valence-electron chi connectivity index (χ3n) is 3.70. The average molecular weight is 435 g/mol. The standard InChI is InChI=1S/C14H5F10N.C4H10/c15-5-3(6(16)10(20)13(23)9(5)19)1-25-2-4-7(17)11(21)14(24)12(22)8(4)18;1-3-4-2/h25H,1-2H2;3-4H2,1-2H3. The predicted octanol–water partition coefficient (Wildman–Crippen LogP) is 6.17. The van der Waals surface area contributed by atoms with Crippen molar-refractivity contribution in [2.24, 2.45) is 0 Å². The molecule has 0 spiro atoms. The van der Waals surface area contributed by atoms with Gasteiger partial charge in [-0.15, -0.1) is 0 Å². The number of rotatable bonds is 5. The summed E-state index contributed by atoms with van der Waals surface area (Å²) < 4.78 is 131. The summed E-state index contributed by atoms with van der Waals surface area (Å²) in [6.07, 6.45) is 2.64. The van der Waals surface area contributed by atoms with Crippen LogP contribution in [0.15, 0.2) is 0 Å². The molecule has 0 amide bonds. The maximum Gasteiger partial charge on any atom is 0.200 e. The van der Waals surface area contributed by atoms with Crippen LogP contribution in [0, 0.1) is 58.2 Å². The second-order valence-corrected chi connectivity index (χ2v) is 5.70. The molecule has 0 aliphatic carbocycles. The summed E-state index contributed by atoms with van der Waals surface area (Å²) >= 11 is 0. The monoisotopic (exact) mass is 435 g/mol. The Kier molecular flexibility index (Phi) is 8.93. The van der Waals surface area contributed by atoms with Gasteiger partial charge in [0.2, 0.25) is 11.6 Å². The molecular formula is C18H15F10N. The lowest BCUT2D eigenvalue weighted by Gasteiger charge is -2.11. The number of halogens is 10. The second kappa shape index (κ2) is 10.5. The van der Waals surface area contributed by atoms with Crippen molar-refractivity contribution in [2.75, 3.05) is 0 Å². The molecule has 0 heterocycles. The van der Waals surface area contributed by atoms with Crippen LogP contribution in [0.5, 0.6) is 0 Å². The molecule has 0 unspecified atom stereocenters. The van der Waals surface area contributed by atoms with Crippen LogP contribution in [0.4, 0.5) is 43.9 Å². The summed E-state index contributed by atoms with van der Waals surface area (Å²) in [6.45, 7) is 2.09. The molecule has 11 heteroatoms. The Hall–Kier alpha value is -2.30. The van der Waals surface area contributed by atoms with Crippen LogP contribution in [0.25, 0.3) is 0 Å². The molecule has 162 valence electrons. The number of unbranched alkanes of at least 4 members (excludes halogenated alkanes) is 1. The highest BCUT2D eigenvalue weighted by Crippen LogP contribution is 2.25. The van der Waals surface area contributed by atoms with Crippen LogP contribution >= 0.6 is 0 Å². The van der Waals surface area contributed by atoms with Gasteiger partial charge in [0, 0.05) is 24.2 Å². The van der Waals surface area contributed by atoms with E-state index < -0.39 is 82.4 Å². The van der Waals surface area contributed by atoms with E-state index in [1.807, 2.05) is 5.32 Å². The van der Waals surface area contributed by atoms with E-state index in [-0.39, 0.29) is 0 Å². The summed E-state index contributed by atoms with van der Waals surface area (Å²) in [4.78, 5) is 0. The fraction of sp³-hybridized carbons (Fsp3) is 0.333. The Bertz CT molecular complexity index is 752. The number of hydrogen-bond donors (Lipinski definition) is 1. The Labute approximate surface area is 159 Å². The van der Waals surface area contributed by atoms with Crippen LogP contribution in [0.3, 0.4) is 0 Å². The average Bonchev–Trinajstić information content (AvgIpc) is 2.72. The maximum atomic E-state index is 13.4. The van der Waals surface area contributed by atoms with E-state index in [0.717, 1.165) is 0 Å². The molecule has 29 heavy (non-hydrogen) atoms.